The number of nitrogen functional groups attached to an aromatic ring is 1. The Kier molecular flexibility index (Phi) is 8.81. The van der Waals surface area contributed by atoms with E-state index in [1.807, 2.05) is 13.0 Å². The average molecular weight is 677 g/mol. The number of hydrogen-bond donors (Lipinski definition) is 2. The van der Waals surface area contributed by atoms with Gasteiger partial charge in [0, 0.05) is 29.8 Å². The molecule has 0 spiro atoms. The highest BCUT2D eigenvalue weighted by atomic mass is 32.2. The number of nitrogens with two attached hydrogens (primary N) is 1. The predicted octanol–water partition coefficient (Wildman–Crippen LogP) is 4.02. The number of carbonyl (C=O) groups excluding carboxylic acids is 1. The molecule has 4 heterocycles. The monoisotopic (exact) mass is 676 g/mol. The smallest absolute Gasteiger partial charge is 0.274 e. The number of pyridine rings is 1. The zero-order valence-corrected chi connectivity index (χ0v) is 27.6. The molecule has 6 rings (SSSR count). The highest BCUT2D eigenvalue weighted by Gasteiger charge is 2.23. The van der Waals surface area contributed by atoms with Gasteiger partial charge in [-0.05, 0) is 55.7 Å². The van der Waals surface area contributed by atoms with Crippen molar-refractivity contribution in [2.75, 3.05) is 12.0 Å². The Morgan fingerprint density at radius 1 is 1.02 bits per heavy atom. The first kappa shape index (κ1) is 32.2. The molecule has 48 heavy (non-hydrogen) atoms. The van der Waals surface area contributed by atoms with Gasteiger partial charge in [0.1, 0.15) is 5.82 Å². The van der Waals surface area contributed by atoms with Crippen molar-refractivity contribution in [2.24, 2.45) is 0 Å². The maximum atomic E-state index is 14.3. The second kappa shape index (κ2) is 13.1. The summed E-state index contributed by atoms with van der Waals surface area (Å²) in [6, 6.07) is 15.1. The SMILES string of the molecule is Cc1ncc(C#Cc2cccc3nc([C@H](C)NC(=O)c4nc(-c5cncc(CS(C)(=O)=O)c5)cnc4N)n(-c4ccccc4)c(=O)c23)s1. The summed E-state index contributed by atoms with van der Waals surface area (Å²) in [5.41, 5.74) is 8.26. The van der Waals surface area contributed by atoms with Crippen molar-refractivity contribution in [3.8, 4) is 28.8 Å². The van der Waals surface area contributed by atoms with E-state index in [2.05, 4.69) is 37.1 Å². The number of rotatable bonds is 7. The van der Waals surface area contributed by atoms with Gasteiger partial charge in [0.25, 0.3) is 11.5 Å². The number of thiazole rings is 1. The van der Waals surface area contributed by atoms with Crippen LogP contribution in [0.15, 0.2) is 84.2 Å². The topological polar surface area (TPSA) is 176 Å². The summed E-state index contributed by atoms with van der Waals surface area (Å²) >= 11 is 1.46. The number of hydrogen-bond acceptors (Lipinski definition) is 11. The van der Waals surface area contributed by atoms with Crippen LogP contribution in [0.2, 0.25) is 0 Å². The maximum absolute atomic E-state index is 14.3. The predicted molar refractivity (Wildman–Crippen MR) is 184 cm³/mol. The van der Waals surface area contributed by atoms with Crippen LogP contribution in [-0.4, -0.2) is 50.1 Å². The average Bonchev–Trinajstić information content (AvgIpc) is 3.48. The molecule has 2 aromatic carbocycles. The van der Waals surface area contributed by atoms with Crippen molar-refractivity contribution in [3.05, 3.63) is 122 Å². The van der Waals surface area contributed by atoms with Gasteiger partial charge in [0.05, 0.1) is 56.4 Å². The first-order valence-electron chi connectivity index (χ1n) is 14.6. The summed E-state index contributed by atoms with van der Waals surface area (Å²) in [6.07, 6.45) is 7.15. The van der Waals surface area contributed by atoms with Crippen molar-refractivity contribution < 1.29 is 13.2 Å². The van der Waals surface area contributed by atoms with Crippen LogP contribution < -0.4 is 16.6 Å². The number of nitrogens with one attached hydrogen (secondary N) is 1. The minimum Gasteiger partial charge on any atom is -0.382 e. The highest BCUT2D eigenvalue weighted by Crippen LogP contribution is 2.23. The van der Waals surface area contributed by atoms with Gasteiger partial charge >= 0.3 is 0 Å². The molecule has 240 valence electrons. The van der Waals surface area contributed by atoms with Crippen molar-refractivity contribution in [3.63, 3.8) is 0 Å². The molecule has 0 saturated heterocycles. The van der Waals surface area contributed by atoms with Gasteiger partial charge in [-0.3, -0.25) is 19.1 Å². The minimum atomic E-state index is -3.30. The first-order valence-corrected chi connectivity index (χ1v) is 17.5. The Morgan fingerprint density at radius 3 is 2.54 bits per heavy atom. The zero-order chi connectivity index (χ0) is 34.0. The zero-order valence-electron chi connectivity index (χ0n) is 26.0. The molecule has 4 aromatic heterocycles. The van der Waals surface area contributed by atoms with Crippen LogP contribution in [0.25, 0.3) is 27.8 Å². The van der Waals surface area contributed by atoms with Gasteiger partial charge < -0.3 is 11.1 Å². The van der Waals surface area contributed by atoms with Crippen LogP contribution in [0.5, 0.6) is 0 Å². The fraction of sp³-hybridized carbons (Fsp3) is 0.147. The van der Waals surface area contributed by atoms with E-state index in [4.69, 9.17) is 10.7 Å². The molecule has 14 heteroatoms. The lowest BCUT2D eigenvalue weighted by atomic mass is 10.1. The number of anilines is 1. The normalized spacial score (nSPS) is 11.9. The van der Waals surface area contributed by atoms with Crippen molar-refractivity contribution in [1.29, 1.82) is 0 Å². The van der Waals surface area contributed by atoms with E-state index in [1.54, 1.807) is 61.7 Å². The number of nitrogens with zero attached hydrogens (tertiary/aromatic N) is 6. The molecule has 0 aliphatic heterocycles. The van der Waals surface area contributed by atoms with Gasteiger partial charge in [-0.2, -0.15) is 0 Å². The largest absolute Gasteiger partial charge is 0.382 e. The summed E-state index contributed by atoms with van der Waals surface area (Å²) < 4.78 is 25.1. The van der Waals surface area contributed by atoms with Crippen LogP contribution in [-0.2, 0) is 15.6 Å². The van der Waals surface area contributed by atoms with E-state index in [0.29, 0.717) is 33.3 Å². The van der Waals surface area contributed by atoms with Crippen LogP contribution in [0.3, 0.4) is 0 Å². The van der Waals surface area contributed by atoms with Crippen molar-refractivity contribution in [2.45, 2.75) is 25.6 Å². The molecule has 1 atom stereocenters. The number of sulfone groups is 1. The molecule has 1 amide bonds. The molecule has 0 bridgehead atoms. The lowest BCUT2D eigenvalue weighted by molar-refractivity contribution is 0.0933. The van der Waals surface area contributed by atoms with Crippen LogP contribution in [0.1, 0.15) is 50.3 Å². The molecule has 6 aromatic rings. The number of aryl methyl sites for hydroxylation is 1. The lowest BCUT2D eigenvalue weighted by Crippen LogP contribution is -2.34. The van der Waals surface area contributed by atoms with Crippen LogP contribution in [0.4, 0.5) is 5.82 Å². The van der Waals surface area contributed by atoms with Crippen LogP contribution in [0, 0.1) is 18.8 Å². The fourth-order valence-electron chi connectivity index (χ4n) is 5.06. The second-order valence-electron chi connectivity index (χ2n) is 11.0. The summed E-state index contributed by atoms with van der Waals surface area (Å²) in [4.78, 5) is 50.5. The standard InChI is InChI=1S/C34H28N8O4S2/c1-20(39-33(43)30-31(35)38-18-28(40-30)24-14-22(15-36-16-24)19-48(3,45)46)32-41-27-11-7-8-23(12-13-26-17-37-21(2)47-26)29(27)34(44)42(32)25-9-5-4-6-10-25/h4-11,14-18,20H,19H2,1-3H3,(H2,35,38)(H,39,43)/t20-/m0/s1. The van der Waals surface area contributed by atoms with Gasteiger partial charge in [-0.25, -0.2) is 28.4 Å². The van der Waals surface area contributed by atoms with E-state index < -0.39 is 21.8 Å². The molecule has 0 aliphatic rings. The Morgan fingerprint density at radius 2 is 1.81 bits per heavy atom. The Labute approximate surface area is 279 Å². The third-order valence-corrected chi connectivity index (χ3v) is 8.84. The maximum Gasteiger partial charge on any atom is 0.274 e. The van der Waals surface area contributed by atoms with Gasteiger partial charge in [0.15, 0.2) is 21.3 Å². The minimum absolute atomic E-state index is 0.116. The van der Waals surface area contributed by atoms with Gasteiger partial charge in [-0.15, -0.1) is 11.3 Å². The number of fused-ring (bicyclic) bond motifs is 1. The molecule has 3 N–H and O–H groups in total. The fourth-order valence-corrected chi connectivity index (χ4v) is 6.45. The second-order valence-corrected chi connectivity index (χ2v) is 14.4. The lowest BCUT2D eigenvalue weighted by Gasteiger charge is -2.20. The van der Waals surface area contributed by atoms with E-state index in [9.17, 15) is 18.0 Å². The molecule has 0 saturated carbocycles. The summed E-state index contributed by atoms with van der Waals surface area (Å²) in [5.74, 6) is 5.51. The summed E-state index contributed by atoms with van der Waals surface area (Å²) in [6.45, 7) is 3.60. The Hall–Kier alpha value is -5.78. The first-order chi connectivity index (χ1) is 23.0. The number of amides is 1. The van der Waals surface area contributed by atoms with Gasteiger partial charge in [-0.1, -0.05) is 30.2 Å². The van der Waals surface area contributed by atoms with Crippen molar-refractivity contribution >= 4 is 43.8 Å². The highest BCUT2D eigenvalue weighted by molar-refractivity contribution is 7.89. The van der Waals surface area contributed by atoms with E-state index in [-0.39, 0.29) is 34.3 Å². The molecular formula is C34H28N8O4S2. The molecular weight excluding hydrogens is 649 g/mol. The molecule has 0 radical (unpaired) electrons. The third-order valence-electron chi connectivity index (χ3n) is 7.15. The molecule has 0 unspecified atom stereocenters. The number of para-hydroxylation sites is 1. The number of carbonyl (C=O) groups is 1. The van der Waals surface area contributed by atoms with E-state index in [0.717, 1.165) is 16.1 Å². The molecule has 12 nitrogen and oxygen atoms in total. The van der Waals surface area contributed by atoms with Crippen molar-refractivity contribution in [1.82, 2.24) is 34.8 Å². The van der Waals surface area contributed by atoms with Crippen LogP contribution >= 0.6 is 11.3 Å². The Balaban J connectivity index is 1.38. The summed E-state index contributed by atoms with van der Waals surface area (Å²) in [5, 5.41) is 4.10. The number of aromatic nitrogens is 6. The quantitative estimate of drug-likeness (QED) is 0.235. The van der Waals surface area contributed by atoms with E-state index in [1.165, 1.54) is 34.5 Å². The Bertz CT molecular complexity index is 2430. The molecule has 0 fully saturated rings. The van der Waals surface area contributed by atoms with E-state index >= 15 is 0 Å². The van der Waals surface area contributed by atoms with Gasteiger partial charge in [0.2, 0.25) is 0 Å². The summed E-state index contributed by atoms with van der Waals surface area (Å²) in [7, 11) is -3.30. The molecule has 0 aliphatic carbocycles. The third kappa shape index (κ3) is 6.97. The number of benzene rings is 2.